The Kier molecular flexibility index (Phi) is 6.14. The molecule has 0 aliphatic rings. The molecule has 0 aromatic carbocycles. The number of carboxylic acids is 1. The number of methoxy groups -OCH3 is 1. The van der Waals surface area contributed by atoms with Gasteiger partial charge in [0.15, 0.2) is 0 Å². The molecule has 0 fully saturated rings. The molecule has 0 saturated carbocycles. The molecule has 18 heavy (non-hydrogen) atoms. The lowest BCUT2D eigenvalue weighted by molar-refractivity contribution is -0.157. The summed E-state index contributed by atoms with van der Waals surface area (Å²) < 4.78 is 39.8. The highest BCUT2D eigenvalue weighted by Gasteiger charge is 2.33. The third-order valence-corrected chi connectivity index (χ3v) is 1.86. The maximum Gasteiger partial charge on any atom is 0.397 e. The van der Waals surface area contributed by atoms with Crippen LogP contribution < -0.4 is 5.32 Å². The maximum absolute atomic E-state index is 11.8. The van der Waals surface area contributed by atoms with Crippen LogP contribution in [0, 0.1) is 0 Å². The van der Waals surface area contributed by atoms with Gasteiger partial charge in [-0.3, -0.25) is 9.59 Å². The molecule has 0 spiro atoms. The fourth-order valence-electron chi connectivity index (χ4n) is 1.05. The van der Waals surface area contributed by atoms with Gasteiger partial charge in [-0.15, -0.1) is 0 Å². The van der Waals surface area contributed by atoms with Crippen LogP contribution in [0.15, 0.2) is 0 Å². The summed E-state index contributed by atoms with van der Waals surface area (Å²) in [5.74, 6) is -3.69. The van der Waals surface area contributed by atoms with Crippen molar-refractivity contribution in [2.24, 2.45) is 0 Å². The van der Waals surface area contributed by atoms with Gasteiger partial charge in [-0.2, -0.15) is 13.2 Å². The number of carbonyl (C=O) groups is 3. The Morgan fingerprint density at radius 3 is 2.28 bits per heavy atom. The molecule has 1 amide bonds. The first-order chi connectivity index (χ1) is 8.15. The first-order valence-corrected chi connectivity index (χ1v) is 4.81. The third kappa shape index (κ3) is 7.47. The van der Waals surface area contributed by atoms with Crippen molar-refractivity contribution in [3.8, 4) is 0 Å². The molecular formula is C9H12F3NO5. The highest BCUT2D eigenvalue weighted by Crippen LogP contribution is 2.19. The number of aliphatic carboxylic acids is 1. The molecule has 0 heterocycles. The van der Waals surface area contributed by atoms with Crippen LogP contribution in [0.5, 0.6) is 0 Å². The highest BCUT2D eigenvalue weighted by atomic mass is 19.4. The van der Waals surface area contributed by atoms with Crippen LogP contribution in [0.25, 0.3) is 0 Å². The van der Waals surface area contributed by atoms with Gasteiger partial charge in [-0.05, 0) is 6.42 Å². The lowest BCUT2D eigenvalue weighted by atomic mass is 10.1. The van der Waals surface area contributed by atoms with Crippen molar-refractivity contribution < 1.29 is 37.4 Å². The van der Waals surface area contributed by atoms with E-state index in [0.29, 0.717) is 0 Å². The molecule has 6 nitrogen and oxygen atoms in total. The molecule has 0 radical (unpaired) electrons. The Labute approximate surface area is 100 Å². The van der Waals surface area contributed by atoms with E-state index in [0.717, 1.165) is 7.11 Å². The number of ether oxygens (including phenoxy) is 1. The number of amides is 1. The normalized spacial score (nSPS) is 12.7. The Morgan fingerprint density at radius 1 is 1.33 bits per heavy atom. The molecule has 0 rings (SSSR count). The van der Waals surface area contributed by atoms with Gasteiger partial charge < -0.3 is 15.2 Å². The Hall–Kier alpha value is -1.80. The van der Waals surface area contributed by atoms with Crippen molar-refractivity contribution in [2.75, 3.05) is 7.11 Å². The maximum atomic E-state index is 11.8. The average Bonchev–Trinajstić information content (AvgIpc) is 2.20. The summed E-state index contributed by atoms with van der Waals surface area (Å²) in [6.07, 6.45) is -7.14. The van der Waals surface area contributed by atoms with Gasteiger partial charge in [-0.1, -0.05) is 0 Å². The molecular weight excluding hydrogens is 259 g/mol. The van der Waals surface area contributed by atoms with Crippen LogP contribution in [0.2, 0.25) is 0 Å². The highest BCUT2D eigenvalue weighted by molar-refractivity contribution is 5.84. The Balaban J connectivity index is 4.32. The first-order valence-electron chi connectivity index (χ1n) is 4.81. The van der Waals surface area contributed by atoms with Gasteiger partial charge >= 0.3 is 18.1 Å². The molecule has 1 atom stereocenters. The molecule has 9 heteroatoms. The van der Waals surface area contributed by atoms with Crippen molar-refractivity contribution in [3.05, 3.63) is 0 Å². The molecule has 1 unspecified atom stereocenters. The van der Waals surface area contributed by atoms with Crippen molar-refractivity contribution >= 4 is 17.8 Å². The fourth-order valence-corrected chi connectivity index (χ4v) is 1.05. The Morgan fingerprint density at radius 2 is 1.89 bits per heavy atom. The SMILES string of the molecule is COC(=O)CCC(NC(=O)CC(F)(F)F)C(=O)O. The van der Waals surface area contributed by atoms with Crippen LogP contribution in [0.4, 0.5) is 13.2 Å². The lowest BCUT2D eigenvalue weighted by Gasteiger charge is -2.14. The summed E-state index contributed by atoms with van der Waals surface area (Å²) in [6, 6.07) is -1.56. The molecule has 0 aromatic heterocycles. The molecule has 0 saturated heterocycles. The third-order valence-electron chi connectivity index (χ3n) is 1.86. The molecule has 0 bridgehead atoms. The summed E-state index contributed by atoms with van der Waals surface area (Å²) >= 11 is 0. The average molecular weight is 271 g/mol. The van der Waals surface area contributed by atoms with Crippen LogP contribution in [-0.2, 0) is 19.1 Å². The van der Waals surface area contributed by atoms with Gasteiger partial charge in [-0.25, -0.2) is 4.79 Å². The number of alkyl halides is 3. The number of carbonyl (C=O) groups excluding carboxylic acids is 2. The van der Waals surface area contributed by atoms with E-state index >= 15 is 0 Å². The van der Waals surface area contributed by atoms with Crippen LogP contribution in [0.1, 0.15) is 19.3 Å². The van der Waals surface area contributed by atoms with Gasteiger partial charge in [0.1, 0.15) is 12.5 Å². The van der Waals surface area contributed by atoms with Crippen molar-refractivity contribution in [3.63, 3.8) is 0 Å². The quantitative estimate of drug-likeness (QED) is 0.685. The number of esters is 1. The summed E-state index contributed by atoms with van der Waals surface area (Å²) in [5, 5.41) is 10.3. The standard InChI is InChI=1S/C9H12F3NO5/c1-18-7(15)3-2-5(8(16)17)13-6(14)4-9(10,11)12/h5H,2-4H2,1H3,(H,13,14)(H,16,17). The first kappa shape index (κ1) is 16.2. The second-order valence-corrected chi connectivity index (χ2v) is 3.37. The second-order valence-electron chi connectivity index (χ2n) is 3.37. The lowest BCUT2D eigenvalue weighted by Crippen LogP contribution is -2.42. The van der Waals surface area contributed by atoms with Crippen molar-refractivity contribution in [1.29, 1.82) is 0 Å². The number of nitrogens with one attached hydrogen (secondary N) is 1. The Bertz CT molecular complexity index is 329. The van der Waals surface area contributed by atoms with E-state index in [9.17, 15) is 27.6 Å². The van der Waals surface area contributed by atoms with Gasteiger partial charge in [0.05, 0.1) is 7.11 Å². The number of rotatable bonds is 6. The summed E-state index contributed by atoms with van der Waals surface area (Å²) in [6.45, 7) is 0. The summed E-state index contributed by atoms with van der Waals surface area (Å²) in [7, 11) is 1.08. The van der Waals surface area contributed by atoms with E-state index in [4.69, 9.17) is 5.11 Å². The van der Waals surface area contributed by atoms with E-state index in [1.165, 1.54) is 0 Å². The largest absolute Gasteiger partial charge is 0.480 e. The van der Waals surface area contributed by atoms with E-state index in [1.54, 1.807) is 5.32 Å². The van der Waals surface area contributed by atoms with E-state index < -0.39 is 36.5 Å². The molecule has 0 aliphatic heterocycles. The minimum Gasteiger partial charge on any atom is -0.480 e. The smallest absolute Gasteiger partial charge is 0.397 e. The molecule has 2 N–H and O–H groups in total. The van der Waals surface area contributed by atoms with Crippen LogP contribution >= 0.6 is 0 Å². The molecule has 0 aliphatic carbocycles. The molecule has 0 aromatic rings. The zero-order valence-corrected chi connectivity index (χ0v) is 9.41. The van der Waals surface area contributed by atoms with Gasteiger partial charge in [0.2, 0.25) is 5.91 Å². The van der Waals surface area contributed by atoms with Crippen molar-refractivity contribution in [2.45, 2.75) is 31.5 Å². The zero-order valence-electron chi connectivity index (χ0n) is 9.41. The number of hydrogen-bond acceptors (Lipinski definition) is 4. The monoisotopic (exact) mass is 271 g/mol. The fraction of sp³-hybridized carbons (Fsp3) is 0.667. The zero-order chi connectivity index (χ0) is 14.3. The van der Waals surface area contributed by atoms with E-state index in [1.807, 2.05) is 0 Å². The topological polar surface area (TPSA) is 92.7 Å². The predicted octanol–water partition coefficient (Wildman–Crippen LogP) is 0.461. The van der Waals surface area contributed by atoms with E-state index in [-0.39, 0.29) is 12.8 Å². The minimum absolute atomic E-state index is 0.320. The van der Waals surface area contributed by atoms with Crippen LogP contribution in [0.3, 0.4) is 0 Å². The van der Waals surface area contributed by atoms with Gasteiger partial charge in [0.25, 0.3) is 0 Å². The minimum atomic E-state index is -4.71. The number of carboxylic acid groups (broad SMARTS) is 1. The predicted molar refractivity (Wildman–Crippen MR) is 51.5 cm³/mol. The van der Waals surface area contributed by atoms with E-state index in [2.05, 4.69) is 4.74 Å². The van der Waals surface area contributed by atoms with Crippen LogP contribution in [-0.4, -0.2) is 42.3 Å². The summed E-state index contributed by atoms with van der Waals surface area (Å²) in [4.78, 5) is 32.3. The molecule has 104 valence electrons. The number of hydrogen-bond donors (Lipinski definition) is 2. The second kappa shape index (κ2) is 6.82. The van der Waals surface area contributed by atoms with Gasteiger partial charge in [0, 0.05) is 6.42 Å². The summed E-state index contributed by atoms with van der Waals surface area (Å²) in [5.41, 5.74) is 0. The van der Waals surface area contributed by atoms with Crippen molar-refractivity contribution in [1.82, 2.24) is 5.32 Å². The number of halogens is 3.